The van der Waals surface area contributed by atoms with Gasteiger partial charge in [-0.2, -0.15) is 0 Å². The third kappa shape index (κ3) is 1.05. The Morgan fingerprint density at radius 2 is 2.00 bits per heavy atom. The molecule has 1 aliphatic rings. The van der Waals surface area contributed by atoms with Crippen molar-refractivity contribution in [1.29, 1.82) is 0 Å². The number of Topliss-reactive ketones (excluding diaryl/α,β-unsaturated/α-hetero) is 1. The number of ketones is 1. The minimum absolute atomic E-state index is 0.200. The molecule has 0 aromatic heterocycles. The molecule has 1 aliphatic carbocycles. The van der Waals surface area contributed by atoms with Crippen molar-refractivity contribution in [3.63, 3.8) is 0 Å². The SMILES string of the molecule is O=C1c2cccc3c(Br)ccc(c23)C1O. The third-order valence-electron chi connectivity index (χ3n) is 2.83. The first-order valence-corrected chi connectivity index (χ1v) is 5.43. The fourth-order valence-electron chi connectivity index (χ4n) is 2.12. The Labute approximate surface area is 94.7 Å². The zero-order chi connectivity index (χ0) is 10.6. The minimum Gasteiger partial charge on any atom is -0.380 e. The molecule has 2 aromatic rings. The number of benzene rings is 2. The molecule has 3 rings (SSSR count). The van der Waals surface area contributed by atoms with Gasteiger partial charge in [0.15, 0.2) is 5.78 Å². The molecule has 2 nitrogen and oxygen atoms in total. The van der Waals surface area contributed by atoms with Gasteiger partial charge in [0.2, 0.25) is 0 Å². The molecule has 0 aliphatic heterocycles. The number of aliphatic hydroxyl groups is 1. The molecule has 0 bridgehead atoms. The number of halogens is 1. The van der Waals surface area contributed by atoms with Gasteiger partial charge in [0.1, 0.15) is 6.10 Å². The lowest BCUT2D eigenvalue weighted by Gasteiger charge is -2.03. The smallest absolute Gasteiger partial charge is 0.196 e. The van der Waals surface area contributed by atoms with E-state index in [1.807, 2.05) is 18.2 Å². The summed E-state index contributed by atoms with van der Waals surface area (Å²) in [5, 5.41) is 11.6. The maximum Gasteiger partial charge on any atom is 0.196 e. The van der Waals surface area contributed by atoms with Gasteiger partial charge in [-0.25, -0.2) is 0 Å². The number of rotatable bonds is 0. The molecule has 15 heavy (non-hydrogen) atoms. The van der Waals surface area contributed by atoms with Crippen LogP contribution in [0.15, 0.2) is 34.8 Å². The van der Waals surface area contributed by atoms with Crippen LogP contribution in [0.2, 0.25) is 0 Å². The highest BCUT2D eigenvalue weighted by Gasteiger charge is 2.31. The van der Waals surface area contributed by atoms with Crippen molar-refractivity contribution in [2.75, 3.05) is 0 Å². The summed E-state index contributed by atoms with van der Waals surface area (Å²) in [4.78, 5) is 11.7. The summed E-state index contributed by atoms with van der Waals surface area (Å²) >= 11 is 3.44. The molecule has 0 heterocycles. The lowest BCUT2D eigenvalue weighted by Crippen LogP contribution is -2.03. The van der Waals surface area contributed by atoms with E-state index in [-0.39, 0.29) is 5.78 Å². The molecule has 1 atom stereocenters. The number of carbonyl (C=O) groups excluding carboxylic acids is 1. The van der Waals surface area contributed by atoms with Crippen molar-refractivity contribution < 1.29 is 9.90 Å². The van der Waals surface area contributed by atoms with Gasteiger partial charge >= 0.3 is 0 Å². The van der Waals surface area contributed by atoms with Gasteiger partial charge in [-0.1, -0.05) is 40.2 Å². The van der Waals surface area contributed by atoms with E-state index >= 15 is 0 Å². The maximum atomic E-state index is 11.7. The second kappa shape index (κ2) is 2.90. The highest BCUT2D eigenvalue weighted by atomic mass is 79.9. The standard InChI is InChI=1S/C12H7BrO2/c13-9-5-4-8-10-6(9)2-1-3-7(10)11(14)12(8)15/h1-5,12,15H. The van der Waals surface area contributed by atoms with Crippen LogP contribution < -0.4 is 0 Å². The lowest BCUT2D eigenvalue weighted by atomic mass is 10.1. The topological polar surface area (TPSA) is 37.3 Å². The number of hydrogen-bond donors (Lipinski definition) is 1. The van der Waals surface area contributed by atoms with Gasteiger partial charge in [-0.05, 0) is 22.4 Å². The third-order valence-corrected chi connectivity index (χ3v) is 3.52. The van der Waals surface area contributed by atoms with Gasteiger partial charge in [-0.3, -0.25) is 4.79 Å². The molecular weight excluding hydrogens is 256 g/mol. The van der Waals surface area contributed by atoms with Crippen molar-refractivity contribution in [2.24, 2.45) is 0 Å². The van der Waals surface area contributed by atoms with E-state index in [4.69, 9.17) is 0 Å². The summed E-state index contributed by atoms with van der Waals surface area (Å²) in [5.74, 6) is -0.200. The zero-order valence-electron chi connectivity index (χ0n) is 7.70. The Morgan fingerprint density at radius 1 is 1.20 bits per heavy atom. The average molecular weight is 263 g/mol. The summed E-state index contributed by atoms with van der Waals surface area (Å²) in [6, 6.07) is 9.20. The Hall–Kier alpha value is -1.19. The normalized spacial score (nSPS) is 18.8. The van der Waals surface area contributed by atoms with Crippen LogP contribution in [0.5, 0.6) is 0 Å². The van der Waals surface area contributed by atoms with Crippen LogP contribution in [0, 0.1) is 0 Å². The number of aliphatic hydroxyl groups excluding tert-OH is 1. The monoisotopic (exact) mass is 262 g/mol. The van der Waals surface area contributed by atoms with Gasteiger partial charge < -0.3 is 5.11 Å². The van der Waals surface area contributed by atoms with E-state index in [1.165, 1.54) is 0 Å². The molecule has 0 saturated carbocycles. The quantitative estimate of drug-likeness (QED) is 0.793. The molecule has 0 spiro atoms. The number of carbonyl (C=O) groups is 1. The first kappa shape index (κ1) is 9.07. The Balaban J connectivity index is 2.56. The molecular formula is C12H7BrO2. The van der Waals surface area contributed by atoms with Crippen LogP contribution in [-0.2, 0) is 0 Å². The average Bonchev–Trinajstić information content (AvgIpc) is 2.50. The van der Waals surface area contributed by atoms with Crippen LogP contribution in [0.25, 0.3) is 10.8 Å². The molecule has 1 unspecified atom stereocenters. The molecule has 0 amide bonds. The predicted octanol–water partition coefficient (Wildman–Crippen LogP) is 2.83. The van der Waals surface area contributed by atoms with Crippen LogP contribution >= 0.6 is 15.9 Å². The fraction of sp³-hybridized carbons (Fsp3) is 0.0833. The lowest BCUT2D eigenvalue weighted by molar-refractivity contribution is 0.0766. The molecule has 0 radical (unpaired) electrons. The second-order valence-corrected chi connectivity index (χ2v) is 4.49. The van der Waals surface area contributed by atoms with Crippen molar-refractivity contribution in [3.05, 3.63) is 45.9 Å². The summed E-state index contributed by atoms with van der Waals surface area (Å²) < 4.78 is 0.949. The van der Waals surface area contributed by atoms with E-state index in [2.05, 4.69) is 15.9 Å². The van der Waals surface area contributed by atoms with Gasteiger partial charge in [0, 0.05) is 10.0 Å². The van der Waals surface area contributed by atoms with Crippen LogP contribution in [0.3, 0.4) is 0 Å². The summed E-state index contributed by atoms with van der Waals surface area (Å²) in [5.41, 5.74) is 1.34. The van der Waals surface area contributed by atoms with E-state index < -0.39 is 6.10 Å². The first-order chi connectivity index (χ1) is 7.20. The first-order valence-electron chi connectivity index (χ1n) is 4.63. The molecule has 0 fully saturated rings. The Bertz CT molecular complexity index is 589. The molecule has 3 heteroatoms. The van der Waals surface area contributed by atoms with Crippen molar-refractivity contribution in [3.8, 4) is 0 Å². The maximum absolute atomic E-state index is 11.7. The van der Waals surface area contributed by atoms with Gasteiger partial charge in [-0.15, -0.1) is 0 Å². The van der Waals surface area contributed by atoms with Crippen molar-refractivity contribution in [1.82, 2.24) is 0 Å². The number of hydrogen-bond acceptors (Lipinski definition) is 2. The molecule has 74 valence electrons. The fourth-order valence-corrected chi connectivity index (χ4v) is 2.58. The van der Waals surface area contributed by atoms with Crippen LogP contribution in [0.1, 0.15) is 22.0 Å². The second-order valence-electron chi connectivity index (χ2n) is 3.63. The van der Waals surface area contributed by atoms with E-state index in [0.29, 0.717) is 11.1 Å². The summed E-state index contributed by atoms with van der Waals surface area (Å²) in [6.07, 6.45) is -0.988. The van der Waals surface area contributed by atoms with E-state index in [9.17, 15) is 9.90 Å². The van der Waals surface area contributed by atoms with Crippen molar-refractivity contribution in [2.45, 2.75) is 6.10 Å². The minimum atomic E-state index is -0.988. The van der Waals surface area contributed by atoms with Gasteiger partial charge in [0.25, 0.3) is 0 Å². The van der Waals surface area contributed by atoms with Crippen LogP contribution in [-0.4, -0.2) is 10.9 Å². The Morgan fingerprint density at radius 3 is 2.80 bits per heavy atom. The summed E-state index contributed by atoms with van der Waals surface area (Å²) in [7, 11) is 0. The van der Waals surface area contributed by atoms with Gasteiger partial charge in [0.05, 0.1) is 0 Å². The molecule has 1 N–H and O–H groups in total. The van der Waals surface area contributed by atoms with Crippen LogP contribution in [0.4, 0.5) is 0 Å². The van der Waals surface area contributed by atoms with E-state index in [0.717, 1.165) is 15.2 Å². The highest BCUT2D eigenvalue weighted by molar-refractivity contribution is 9.10. The Kier molecular flexibility index (Phi) is 1.75. The molecule has 0 saturated heterocycles. The predicted molar refractivity (Wildman–Crippen MR) is 60.9 cm³/mol. The highest BCUT2D eigenvalue weighted by Crippen LogP contribution is 2.39. The van der Waals surface area contributed by atoms with Crippen molar-refractivity contribution >= 4 is 32.5 Å². The zero-order valence-corrected chi connectivity index (χ0v) is 9.28. The molecule has 2 aromatic carbocycles. The largest absolute Gasteiger partial charge is 0.380 e. The van der Waals surface area contributed by atoms with E-state index in [1.54, 1.807) is 12.1 Å². The summed E-state index contributed by atoms with van der Waals surface area (Å²) in [6.45, 7) is 0.